The molecule has 0 heterocycles. The molecule has 2 aromatic carbocycles. The lowest BCUT2D eigenvalue weighted by Crippen LogP contribution is -2.42. The van der Waals surface area contributed by atoms with Gasteiger partial charge in [0.2, 0.25) is 0 Å². The molecule has 0 unspecified atom stereocenters. The van der Waals surface area contributed by atoms with Crippen LogP contribution in [0.25, 0.3) is 0 Å². The van der Waals surface area contributed by atoms with Gasteiger partial charge in [0.1, 0.15) is 17.5 Å². The molecule has 0 aromatic heterocycles. The fourth-order valence-corrected chi connectivity index (χ4v) is 1.92. The summed E-state index contributed by atoms with van der Waals surface area (Å²) in [4.78, 5) is 23.3. The standard InChI is InChI=1S/C16H15NO5/c18-12-5-1-10(2-6-12)9-14(16(21)22)17-15(20)11-3-7-13(19)8-4-11/h1-8,14,18-19H,9H2,(H,17,20)(H,21,22)/t14-/m1/s1. The number of carboxylic acids is 1. The lowest BCUT2D eigenvalue weighted by Gasteiger charge is -2.15. The molecule has 0 aliphatic rings. The van der Waals surface area contributed by atoms with Crippen molar-refractivity contribution in [1.82, 2.24) is 5.32 Å². The number of hydrogen-bond acceptors (Lipinski definition) is 4. The predicted molar refractivity (Wildman–Crippen MR) is 78.8 cm³/mol. The average Bonchev–Trinajstić information content (AvgIpc) is 2.49. The number of carboxylic acid groups (broad SMARTS) is 1. The van der Waals surface area contributed by atoms with E-state index in [-0.39, 0.29) is 23.5 Å². The third kappa shape index (κ3) is 3.99. The molecule has 0 saturated carbocycles. The molecule has 114 valence electrons. The topological polar surface area (TPSA) is 107 Å². The first-order chi connectivity index (χ1) is 10.5. The zero-order valence-electron chi connectivity index (χ0n) is 11.6. The number of aromatic hydroxyl groups is 2. The van der Waals surface area contributed by atoms with Crippen LogP contribution in [0, 0.1) is 0 Å². The quantitative estimate of drug-likeness (QED) is 0.670. The van der Waals surface area contributed by atoms with E-state index >= 15 is 0 Å². The van der Waals surface area contributed by atoms with Gasteiger partial charge in [-0.25, -0.2) is 4.79 Å². The highest BCUT2D eigenvalue weighted by molar-refractivity contribution is 5.96. The minimum Gasteiger partial charge on any atom is -0.508 e. The van der Waals surface area contributed by atoms with Crippen LogP contribution >= 0.6 is 0 Å². The van der Waals surface area contributed by atoms with Gasteiger partial charge >= 0.3 is 5.97 Å². The first-order valence-electron chi connectivity index (χ1n) is 6.56. The normalized spacial score (nSPS) is 11.6. The number of phenolic OH excluding ortho intramolecular Hbond substituents is 2. The van der Waals surface area contributed by atoms with Crippen LogP contribution < -0.4 is 5.32 Å². The number of benzene rings is 2. The van der Waals surface area contributed by atoms with Gasteiger partial charge in [0.25, 0.3) is 5.91 Å². The van der Waals surface area contributed by atoms with Crippen LogP contribution in [0.2, 0.25) is 0 Å². The zero-order valence-corrected chi connectivity index (χ0v) is 11.6. The van der Waals surface area contributed by atoms with E-state index in [2.05, 4.69) is 5.32 Å². The summed E-state index contributed by atoms with van der Waals surface area (Å²) in [6.07, 6.45) is 0.0967. The maximum atomic E-state index is 12.0. The number of aliphatic carboxylic acids is 1. The highest BCUT2D eigenvalue weighted by atomic mass is 16.4. The van der Waals surface area contributed by atoms with Crippen molar-refractivity contribution in [2.75, 3.05) is 0 Å². The Morgan fingerprint density at radius 2 is 1.41 bits per heavy atom. The van der Waals surface area contributed by atoms with Gasteiger partial charge < -0.3 is 20.6 Å². The summed E-state index contributed by atoms with van der Waals surface area (Å²) in [6, 6.07) is 10.5. The first-order valence-corrected chi connectivity index (χ1v) is 6.56. The van der Waals surface area contributed by atoms with E-state index < -0.39 is 17.9 Å². The second-order valence-corrected chi connectivity index (χ2v) is 4.78. The van der Waals surface area contributed by atoms with Gasteiger partial charge in [-0.05, 0) is 42.0 Å². The summed E-state index contributed by atoms with van der Waals surface area (Å²) in [7, 11) is 0. The molecule has 2 rings (SSSR count). The maximum Gasteiger partial charge on any atom is 0.326 e. The molecule has 1 amide bonds. The van der Waals surface area contributed by atoms with E-state index in [1.807, 2.05) is 0 Å². The number of amides is 1. The number of phenols is 2. The van der Waals surface area contributed by atoms with Crippen molar-refractivity contribution < 1.29 is 24.9 Å². The summed E-state index contributed by atoms with van der Waals surface area (Å²) in [5, 5.41) is 30.0. The van der Waals surface area contributed by atoms with E-state index in [0.29, 0.717) is 5.56 Å². The molecule has 6 nitrogen and oxygen atoms in total. The molecule has 2 aromatic rings. The van der Waals surface area contributed by atoms with Crippen molar-refractivity contribution in [2.45, 2.75) is 12.5 Å². The highest BCUT2D eigenvalue weighted by Crippen LogP contribution is 2.13. The largest absolute Gasteiger partial charge is 0.508 e. The summed E-state index contributed by atoms with van der Waals surface area (Å²) in [6.45, 7) is 0. The van der Waals surface area contributed by atoms with Gasteiger partial charge in [0, 0.05) is 12.0 Å². The molecule has 6 heteroatoms. The van der Waals surface area contributed by atoms with Crippen LogP contribution in [-0.2, 0) is 11.2 Å². The second kappa shape index (κ2) is 6.62. The Balaban J connectivity index is 2.08. The fourth-order valence-electron chi connectivity index (χ4n) is 1.92. The van der Waals surface area contributed by atoms with Crippen LogP contribution in [0.1, 0.15) is 15.9 Å². The molecule has 0 aliphatic carbocycles. The number of rotatable bonds is 5. The Hall–Kier alpha value is -3.02. The Morgan fingerprint density at radius 3 is 1.91 bits per heavy atom. The van der Waals surface area contributed by atoms with Gasteiger partial charge in [-0.15, -0.1) is 0 Å². The van der Waals surface area contributed by atoms with Gasteiger partial charge in [-0.3, -0.25) is 4.79 Å². The molecule has 0 spiro atoms. The number of hydrogen-bond donors (Lipinski definition) is 4. The van der Waals surface area contributed by atoms with E-state index in [1.54, 1.807) is 12.1 Å². The first kappa shape index (κ1) is 15.4. The molecule has 0 saturated heterocycles. The van der Waals surface area contributed by atoms with Crippen LogP contribution in [0.15, 0.2) is 48.5 Å². The molecule has 0 fully saturated rings. The molecular formula is C16H15NO5. The molecule has 0 bridgehead atoms. The highest BCUT2D eigenvalue weighted by Gasteiger charge is 2.21. The predicted octanol–water partition coefficient (Wildman–Crippen LogP) is 1.52. The smallest absolute Gasteiger partial charge is 0.326 e. The molecule has 0 radical (unpaired) electrons. The van der Waals surface area contributed by atoms with Crippen LogP contribution in [-0.4, -0.2) is 33.2 Å². The van der Waals surface area contributed by atoms with E-state index in [9.17, 15) is 24.9 Å². The van der Waals surface area contributed by atoms with Crippen molar-refractivity contribution in [3.8, 4) is 11.5 Å². The van der Waals surface area contributed by atoms with Crippen molar-refractivity contribution >= 4 is 11.9 Å². The van der Waals surface area contributed by atoms with Gasteiger partial charge in [-0.2, -0.15) is 0 Å². The average molecular weight is 301 g/mol. The van der Waals surface area contributed by atoms with Crippen molar-refractivity contribution in [3.63, 3.8) is 0 Å². The van der Waals surface area contributed by atoms with Gasteiger partial charge in [0.05, 0.1) is 0 Å². The summed E-state index contributed by atoms with van der Waals surface area (Å²) >= 11 is 0. The van der Waals surface area contributed by atoms with E-state index in [1.165, 1.54) is 36.4 Å². The van der Waals surface area contributed by atoms with Crippen LogP contribution in [0.3, 0.4) is 0 Å². The Kier molecular flexibility index (Phi) is 4.63. The third-order valence-electron chi connectivity index (χ3n) is 3.11. The van der Waals surface area contributed by atoms with Gasteiger partial charge in [-0.1, -0.05) is 12.1 Å². The molecule has 22 heavy (non-hydrogen) atoms. The minimum absolute atomic E-state index is 0.0235. The van der Waals surface area contributed by atoms with Gasteiger partial charge in [0.15, 0.2) is 0 Å². The van der Waals surface area contributed by atoms with E-state index in [0.717, 1.165) is 0 Å². The second-order valence-electron chi connectivity index (χ2n) is 4.78. The van der Waals surface area contributed by atoms with Crippen LogP contribution in [0.5, 0.6) is 11.5 Å². The number of carbonyl (C=O) groups is 2. The molecule has 1 atom stereocenters. The summed E-state index contributed by atoms with van der Waals surface area (Å²) in [5.41, 5.74) is 0.936. The van der Waals surface area contributed by atoms with E-state index in [4.69, 9.17) is 0 Å². The Bertz CT molecular complexity index is 664. The molecule has 4 N–H and O–H groups in total. The summed E-state index contributed by atoms with van der Waals surface area (Å²) < 4.78 is 0. The number of nitrogens with one attached hydrogen (secondary N) is 1. The fraction of sp³-hybridized carbons (Fsp3) is 0.125. The van der Waals surface area contributed by atoms with Crippen molar-refractivity contribution in [2.24, 2.45) is 0 Å². The lowest BCUT2D eigenvalue weighted by molar-refractivity contribution is -0.139. The van der Waals surface area contributed by atoms with Crippen molar-refractivity contribution in [1.29, 1.82) is 0 Å². The lowest BCUT2D eigenvalue weighted by atomic mass is 10.1. The minimum atomic E-state index is -1.15. The van der Waals surface area contributed by atoms with Crippen molar-refractivity contribution in [3.05, 3.63) is 59.7 Å². The molecule has 0 aliphatic heterocycles. The zero-order chi connectivity index (χ0) is 16.1. The SMILES string of the molecule is O=C(N[C@H](Cc1ccc(O)cc1)C(=O)O)c1ccc(O)cc1. The Labute approximate surface area is 126 Å². The Morgan fingerprint density at radius 1 is 0.909 bits per heavy atom. The summed E-state index contributed by atoms with van der Waals surface area (Å²) in [5.74, 6) is -1.58. The third-order valence-corrected chi connectivity index (χ3v) is 3.11. The monoisotopic (exact) mass is 301 g/mol. The number of carbonyl (C=O) groups excluding carboxylic acids is 1. The van der Waals surface area contributed by atoms with Crippen LogP contribution in [0.4, 0.5) is 0 Å². The maximum absolute atomic E-state index is 12.0. The molecular weight excluding hydrogens is 286 g/mol.